The average molecular weight is 284 g/mol. The average Bonchev–Trinajstić information content (AvgIpc) is 2.76. The highest BCUT2D eigenvalue weighted by atomic mass is 19.3. The van der Waals surface area contributed by atoms with Crippen LogP contribution >= 0.6 is 0 Å². The lowest BCUT2D eigenvalue weighted by atomic mass is 10.1. The number of halogens is 2. The van der Waals surface area contributed by atoms with E-state index >= 15 is 0 Å². The lowest BCUT2D eigenvalue weighted by Gasteiger charge is -2.23. The summed E-state index contributed by atoms with van der Waals surface area (Å²) in [5, 5.41) is 7.11. The van der Waals surface area contributed by atoms with E-state index in [2.05, 4.69) is 15.2 Å². The van der Waals surface area contributed by atoms with Gasteiger partial charge in [-0.2, -0.15) is 5.10 Å². The summed E-state index contributed by atoms with van der Waals surface area (Å²) >= 11 is 0. The number of carbonyl (C=O) groups excluding carboxylic acids is 1. The van der Waals surface area contributed by atoms with Crippen molar-refractivity contribution in [2.75, 3.05) is 7.05 Å². The molecule has 0 radical (unpaired) electrons. The normalized spacial score (nSPS) is 12.9. The third-order valence-electron chi connectivity index (χ3n) is 3.29. The van der Waals surface area contributed by atoms with Gasteiger partial charge in [-0.15, -0.1) is 0 Å². The molecule has 0 fully saturated rings. The Morgan fingerprint density at radius 3 is 2.70 bits per heavy atom. The Hall–Kier alpha value is -2.25. The van der Waals surface area contributed by atoms with Gasteiger partial charge in [0.05, 0.1) is 6.04 Å². The monoisotopic (exact) mass is 284 g/mol. The Kier molecular flexibility index (Phi) is 3.56. The van der Waals surface area contributed by atoms with Gasteiger partial charge in [0.1, 0.15) is 5.56 Å². The van der Waals surface area contributed by atoms with Crippen LogP contribution < -0.4 is 5.56 Å². The number of nitrogens with one attached hydrogen (secondary N) is 2. The van der Waals surface area contributed by atoms with Crippen LogP contribution in [0, 0.1) is 6.92 Å². The molecule has 20 heavy (non-hydrogen) atoms. The molecule has 0 saturated heterocycles. The molecule has 0 aromatic carbocycles. The second-order valence-corrected chi connectivity index (χ2v) is 4.61. The number of aromatic nitrogens is 3. The van der Waals surface area contributed by atoms with Crippen molar-refractivity contribution in [2.24, 2.45) is 0 Å². The maximum absolute atomic E-state index is 12.6. The Labute approximate surface area is 112 Å². The van der Waals surface area contributed by atoms with Gasteiger partial charge in [0.25, 0.3) is 17.9 Å². The standard InChI is InChI=1S/C12H14F2N4O2/c1-5-7-4-8(11(19)15-10(7)17-16-5)12(20)18(3)6(2)9(13)14/h4,6,9H,1-3H3,(H2,15,16,17,19). The summed E-state index contributed by atoms with van der Waals surface area (Å²) in [6.45, 7) is 2.95. The number of fused-ring (bicyclic) bond motifs is 1. The highest BCUT2D eigenvalue weighted by Gasteiger charge is 2.26. The smallest absolute Gasteiger partial charge is 0.262 e. The van der Waals surface area contributed by atoms with Crippen LogP contribution in [-0.2, 0) is 0 Å². The van der Waals surface area contributed by atoms with Crippen molar-refractivity contribution >= 4 is 16.9 Å². The number of H-pyrrole nitrogens is 2. The van der Waals surface area contributed by atoms with E-state index < -0.39 is 23.9 Å². The first-order valence-electron chi connectivity index (χ1n) is 5.96. The maximum atomic E-state index is 12.6. The van der Waals surface area contributed by atoms with Crippen molar-refractivity contribution in [1.29, 1.82) is 0 Å². The zero-order chi connectivity index (χ0) is 15.0. The van der Waals surface area contributed by atoms with E-state index in [0.717, 1.165) is 4.90 Å². The summed E-state index contributed by atoms with van der Waals surface area (Å²) in [5.74, 6) is -0.749. The van der Waals surface area contributed by atoms with Crippen LogP contribution in [0.15, 0.2) is 10.9 Å². The molecule has 2 aromatic heterocycles. The van der Waals surface area contributed by atoms with Crippen LogP contribution in [0.3, 0.4) is 0 Å². The molecule has 2 N–H and O–H groups in total. The Balaban J connectivity index is 2.46. The van der Waals surface area contributed by atoms with Gasteiger partial charge < -0.3 is 9.88 Å². The summed E-state index contributed by atoms with van der Waals surface area (Å²) in [4.78, 5) is 27.3. The summed E-state index contributed by atoms with van der Waals surface area (Å²) in [7, 11) is 1.24. The van der Waals surface area contributed by atoms with E-state index in [4.69, 9.17) is 0 Å². The number of alkyl halides is 2. The predicted octanol–water partition coefficient (Wildman–Crippen LogP) is 1.29. The Morgan fingerprint density at radius 2 is 2.10 bits per heavy atom. The molecule has 0 spiro atoms. The molecule has 108 valence electrons. The second kappa shape index (κ2) is 5.03. The maximum Gasteiger partial charge on any atom is 0.262 e. The van der Waals surface area contributed by atoms with Gasteiger partial charge in [0, 0.05) is 18.1 Å². The lowest BCUT2D eigenvalue weighted by molar-refractivity contribution is 0.0362. The molecule has 2 aromatic rings. The number of amides is 1. The van der Waals surface area contributed by atoms with Crippen molar-refractivity contribution in [1.82, 2.24) is 20.1 Å². The SMILES string of the molecule is Cc1[nH]nc2[nH]c(=O)c(C(=O)N(C)C(C)C(F)F)cc12. The number of rotatable bonds is 3. The predicted molar refractivity (Wildman–Crippen MR) is 69.0 cm³/mol. The molecule has 1 amide bonds. The van der Waals surface area contributed by atoms with E-state index in [1.165, 1.54) is 20.0 Å². The van der Waals surface area contributed by atoms with Crippen molar-refractivity contribution in [3.05, 3.63) is 27.7 Å². The van der Waals surface area contributed by atoms with Crippen LogP contribution in [0.5, 0.6) is 0 Å². The first kappa shape index (κ1) is 14.2. The number of nitrogens with zero attached hydrogens (tertiary/aromatic N) is 2. The summed E-state index contributed by atoms with van der Waals surface area (Å²) < 4.78 is 25.3. The molecule has 8 heteroatoms. The summed E-state index contributed by atoms with van der Waals surface area (Å²) in [5.41, 5.74) is 0.169. The molecule has 2 rings (SSSR count). The van der Waals surface area contributed by atoms with Crippen LogP contribution in [0.1, 0.15) is 23.0 Å². The van der Waals surface area contributed by atoms with Gasteiger partial charge in [-0.25, -0.2) is 8.78 Å². The van der Waals surface area contributed by atoms with Gasteiger partial charge in [-0.3, -0.25) is 14.7 Å². The van der Waals surface area contributed by atoms with Gasteiger partial charge in [0.15, 0.2) is 5.65 Å². The van der Waals surface area contributed by atoms with Crippen LogP contribution in [-0.4, -0.2) is 45.5 Å². The van der Waals surface area contributed by atoms with E-state index in [9.17, 15) is 18.4 Å². The topological polar surface area (TPSA) is 81.8 Å². The molecule has 0 aliphatic heterocycles. The number of aromatic amines is 2. The fourth-order valence-electron chi connectivity index (χ4n) is 1.80. The summed E-state index contributed by atoms with van der Waals surface area (Å²) in [6.07, 6.45) is -2.68. The molecule has 1 atom stereocenters. The lowest BCUT2D eigenvalue weighted by Crippen LogP contribution is -2.41. The first-order chi connectivity index (χ1) is 9.32. The molecular weight excluding hydrogens is 270 g/mol. The number of carbonyl (C=O) groups is 1. The zero-order valence-electron chi connectivity index (χ0n) is 11.2. The third-order valence-corrected chi connectivity index (χ3v) is 3.29. The third kappa shape index (κ3) is 2.28. The largest absolute Gasteiger partial charge is 0.333 e. The van der Waals surface area contributed by atoms with Crippen LogP contribution in [0.2, 0.25) is 0 Å². The Bertz CT molecular complexity index is 707. The van der Waals surface area contributed by atoms with E-state index in [-0.39, 0.29) is 5.56 Å². The molecule has 1 unspecified atom stereocenters. The van der Waals surface area contributed by atoms with Gasteiger partial charge in [-0.05, 0) is 19.9 Å². The van der Waals surface area contributed by atoms with Crippen LogP contribution in [0.25, 0.3) is 11.0 Å². The molecule has 0 aliphatic carbocycles. The summed E-state index contributed by atoms with van der Waals surface area (Å²) in [6, 6.07) is 0.0901. The quantitative estimate of drug-likeness (QED) is 0.891. The molecule has 0 saturated carbocycles. The highest BCUT2D eigenvalue weighted by Crippen LogP contribution is 2.15. The Morgan fingerprint density at radius 1 is 1.45 bits per heavy atom. The number of hydrogen-bond donors (Lipinski definition) is 2. The molecule has 0 bridgehead atoms. The van der Waals surface area contributed by atoms with Gasteiger partial charge in [-0.1, -0.05) is 0 Å². The fraction of sp³-hybridized carbons (Fsp3) is 0.417. The van der Waals surface area contributed by atoms with Crippen molar-refractivity contribution in [3.63, 3.8) is 0 Å². The first-order valence-corrected chi connectivity index (χ1v) is 5.96. The van der Waals surface area contributed by atoms with Crippen molar-refractivity contribution in [2.45, 2.75) is 26.3 Å². The van der Waals surface area contributed by atoms with Gasteiger partial charge in [0.2, 0.25) is 0 Å². The minimum Gasteiger partial charge on any atom is -0.333 e. The van der Waals surface area contributed by atoms with E-state index in [1.807, 2.05) is 0 Å². The minimum atomic E-state index is -2.68. The molecule has 6 nitrogen and oxygen atoms in total. The molecule has 2 heterocycles. The number of aryl methyl sites for hydroxylation is 1. The van der Waals surface area contributed by atoms with Crippen molar-refractivity contribution < 1.29 is 13.6 Å². The van der Waals surface area contributed by atoms with E-state index in [1.54, 1.807) is 6.92 Å². The molecular formula is C12H14F2N4O2. The fourth-order valence-corrected chi connectivity index (χ4v) is 1.80. The van der Waals surface area contributed by atoms with Crippen LogP contribution in [0.4, 0.5) is 8.78 Å². The molecule has 0 aliphatic rings. The second-order valence-electron chi connectivity index (χ2n) is 4.61. The van der Waals surface area contributed by atoms with Gasteiger partial charge >= 0.3 is 0 Å². The van der Waals surface area contributed by atoms with Crippen molar-refractivity contribution in [3.8, 4) is 0 Å². The number of hydrogen-bond acceptors (Lipinski definition) is 3. The number of pyridine rings is 1. The van der Waals surface area contributed by atoms with E-state index in [0.29, 0.717) is 16.7 Å². The minimum absolute atomic E-state index is 0.183. The zero-order valence-corrected chi connectivity index (χ0v) is 11.2. The highest BCUT2D eigenvalue weighted by molar-refractivity contribution is 5.97.